The summed E-state index contributed by atoms with van der Waals surface area (Å²) in [4.78, 5) is 37.4. The molecule has 0 atom stereocenters. The third-order valence-corrected chi connectivity index (χ3v) is 6.85. The van der Waals surface area contributed by atoms with Crippen molar-refractivity contribution in [1.29, 1.82) is 0 Å². The molecule has 13 heteroatoms. The Labute approximate surface area is 200 Å². The second-order valence-electron chi connectivity index (χ2n) is 7.53. The number of thiazole rings is 1. The topological polar surface area (TPSA) is 151 Å². The van der Waals surface area contributed by atoms with Crippen LogP contribution in [-0.4, -0.2) is 61.4 Å². The van der Waals surface area contributed by atoms with Crippen LogP contribution in [0, 0.1) is 0 Å². The van der Waals surface area contributed by atoms with Gasteiger partial charge >= 0.3 is 6.03 Å². The number of nitrogens with two attached hydrogens (primary N) is 1. The molecule has 1 fully saturated rings. The molecule has 0 radical (unpaired) electrons. The summed E-state index contributed by atoms with van der Waals surface area (Å²) in [5.74, 6) is 0.572. The maximum Gasteiger partial charge on any atom is 0.323 e. The molecule has 178 valence electrons. The summed E-state index contributed by atoms with van der Waals surface area (Å²) < 4.78 is 22.6. The van der Waals surface area contributed by atoms with E-state index in [1.54, 1.807) is 16.5 Å². The zero-order chi connectivity index (χ0) is 24.1. The average molecular weight is 502 g/mol. The number of carbonyl (C=O) groups excluding carboxylic acids is 2. The lowest BCUT2D eigenvalue weighted by atomic mass is 10.3. The Kier molecular flexibility index (Phi) is 7.05. The number of carbonyl (C=O) groups is 2. The Morgan fingerprint density at radius 3 is 2.41 bits per heavy atom. The van der Waals surface area contributed by atoms with E-state index >= 15 is 0 Å². The van der Waals surface area contributed by atoms with Gasteiger partial charge in [-0.3, -0.25) is 10.1 Å². The van der Waals surface area contributed by atoms with E-state index in [2.05, 4.69) is 25.5 Å². The van der Waals surface area contributed by atoms with Crippen molar-refractivity contribution in [1.82, 2.24) is 14.9 Å². The lowest BCUT2D eigenvalue weighted by Gasteiger charge is -2.35. The largest absolute Gasteiger partial charge is 0.353 e. The van der Waals surface area contributed by atoms with Gasteiger partial charge in [0.15, 0.2) is 5.13 Å². The summed E-state index contributed by atoms with van der Waals surface area (Å²) in [7, 11) is -3.79. The van der Waals surface area contributed by atoms with Gasteiger partial charge < -0.3 is 15.1 Å². The molecule has 1 saturated heterocycles. The molecule has 1 aliphatic rings. The standard InChI is InChI=1S/C21H23N7O4S2/c22-34(31,32)17-6-4-15(5-7-17)24-19(29)13-16-14-33-20(25-16)26-21(30)28-11-9-27(10-12-28)18-3-1-2-8-23-18/h1-8,14H,9-13H2,(H,24,29)(H2,22,31,32)(H,25,26,30). The van der Waals surface area contributed by atoms with Gasteiger partial charge in [-0.15, -0.1) is 11.3 Å². The van der Waals surface area contributed by atoms with Gasteiger partial charge in [0.25, 0.3) is 0 Å². The minimum Gasteiger partial charge on any atom is -0.353 e. The molecule has 0 spiro atoms. The summed E-state index contributed by atoms with van der Waals surface area (Å²) in [5.41, 5.74) is 0.949. The maximum absolute atomic E-state index is 12.6. The first kappa shape index (κ1) is 23.6. The number of rotatable bonds is 6. The molecule has 0 aliphatic carbocycles. The number of nitrogens with one attached hydrogen (secondary N) is 2. The molecule has 1 aliphatic heterocycles. The average Bonchev–Trinajstić information content (AvgIpc) is 3.26. The van der Waals surface area contributed by atoms with Crippen LogP contribution in [0.2, 0.25) is 0 Å². The van der Waals surface area contributed by atoms with E-state index in [9.17, 15) is 18.0 Å². The number of sulfonamides is 1. The van der Waals surface area contributed by atoms with E-state index in [0.717, 1.165) is 5.82 Å². The fraction of sp³-hybridized carbons (Fsp3) is 0.238. The normalized spacial score (nSPS) is 14.0. The highest BCUT2D eigenvalue weighted by molar-refractivity contribution is 7.89. The van der Waals surface area contributed by atoms with E-state index in [1.807, 2.05) is 18.2 Å². The maximum atomic E-state index is 12.6. The van der Waals surface area contributed by atoms with Crippen molar-refractivity contribution in [2.24, 2.45) is 5.14 Å². The van der Waals surface area contributed by atoms with Gasteiger partial charge in [-0.2, -0.15) is 0 Å². The van der Waals surface area contributed by atoms with Crippen LogP contribution in [0.15, 0.2) is 58.9 Å². The predicted octanol–water partition coefficient (Wildman–Crippen LogP) is 1.72. The summed E-state index contributed by atoms with van der Waals surface area (Å²) >= 11 is 1.24. The van der Waals surface area contributed by atoms with Gasteiger partial charge in [0.2, 0.25) is 15.9 Å². The quantitative estimate of drug-likeness (QED) is 0.465. The highest BCUT2D eigenvalue weighted by atomic mass is 32.2. The van der Waals surface area contributed by atoms with Crippen molar-refractivity contribution in [3.05, 3.63) is 59.7 Å². The molecular formula is C21H23N7O4S2. The molecule has 4 rings (SSSR count). The molecule has 4 N–H and O–H groups in total. The number of anilines is 3. The van der Waals surface area contributed by atoms with E-state index in [4.69, 9.17) is 5.14 Å². The number of benzene rings is 1. The summed E-state index contributed by atoms with van der Waals surface area (Å²) in [6.45, 7) is 2.50. The second-order valence-corrected chi connectivity index (χ2v) is 9.95. The van der Waals surface area contributed by atoms with Crippen molar-refractivity contribution in [3.63, 3.8) is 0 Å². The summed E-state index contributed by atoms with van der Waals surface area (Å²) in [6.07, 6.45) is 1.75. The molecule has 0 unspecified atom stereocenters. The van der Waals surface area contributed by atoms with E-state index in [-0.39, 0.29) is 23.3 Å². The number of hydrogen-bond acceptors (Lipinski definition) is 8. The fourth-order valence-corrected chi connectivity index (χ4v) is 4.61. The first-order chi connectivity index (χ1) is 16.3. The molecular weight excluding hydrogens is 478 g/mol. The van der Waals surface area contributed by atoms with E-state index < -0.39 is 10.0 Å². The Bertz CT molecular complexity index is 1260. The van der Waals surface area contributed by atoms with Gasteiger partial charge in [0, 0.05) is 43.4 Å². The fourth-order valence-electron chi connectivity index (χ4n) is 3.39. The van der Waals surface area contributed by atoms with Crippen LogP contribution in [0.3, 0.4) is 0 Å². The van der Waals surface area contributed by atoms with Crippen LogP contribution >= 0.6 is 11.3 Å². The van der Waals surface area contributed by atoms with Crippen molar-refractivity contribution in [2.45, 2.75) is 11.3 Å². The van der Waals surface area contributed by atoms with Crippen molar-refractivity contribution < 1.29 is 18.0 Å². The highest BCUT2D eigenvalue weighted by Gasteiger charge is 2.22. The number of urea groups is 1. The number of nitrogens with zero attached hydrogens (tertiary/aromatic N) is 4. The number of aromatic nitrogens is 2. The molecule has 2 aromatic heterocycles. The van der Waals surface area contributed by atoms with E-state index in [1.165, 1.54) is 35.6 Å². The predicted molar refractivity (Wildman–Crippen MR) is 129 cm³/mol. The first-order valence-corrected chi connectivity index (χ1v) is 12.8. The van der Waals surface area contributed by atoms with Gasteiger partial charge in [0.05, 0.1) is 17.0 Å². The Morgan fingerprint density at radius 2 is 1.76 bits per heavy atom. The van der Waals surface area contributed by atoms with E-state index in [0.29, 0.717) is 42.7 Å². The molecule has 34 heavy (non-hydrogen) atoms. The van der Waals surface area contributed by atoms with Crippen LogP contribution in [0.1, 0.15) is 5.69 Å². The van der Waals surface area contributed by atoms with Gasteiger partial charge in [0.1, 0.15) is 5.82 Å². The number of amides is 3. The lowest BCUT2D eigenvalue weighted by molar-refractivity contribution is -0.115. The summed E-state index contributed by atoms with van der Waals surface area (Å²) in [6, 6.07) is 11.1. The Morgan fingerprint density at radius 1 is 1.03 bits per heavy atom. The van der Waals surface area contributed by atoms with Crippen LogP contribution in [0.25, 0.3) is 0 Å². The number of piperazine rings is 1. The third-order valence-electron chi connectivity index (χ3n) is 5.11. The summed E-state index contributed by atoms with van der Waals surface area (Å²) in [5, 5.41) is 12.6. The van der Waals surface area contributed by atoms with Gasteiger partial charge in [-0.25, -0.2) is 28.3 Å². The Hall–Kier alpha value is -3.55. The van der Waals surface area contributed by atoms with Crippen molar-refractivity contribution >= 4 is 49.9 Å². The number of hydrogen-bond donors (Lipinski definition) is 3. The monoisotopic (exact) mass is 501 g/mol. The zero-order valence-electron chi connectivity index (χ0n) is 18.0. The molecule has 11 nitrogen and oxygen atoms in total. The minimum atomic E-state index is -3.79. The zero-order valence-corrected chi connectivity index (χ0v) is 19.7. The minimum absolute atomic E-state index is 0.00601. The lowest BCUT2D eigenvalue weighted by Crippen LogP contribution is -2.50. The number of pyridine rings is 1. The third kappa shape index (κ3) is 6.07. The molecule has 0 bridgehead atoms. The molecule has 3 heterocycles. The highest BCUT2D eigenvalue weighted by Crippen LogP contribution is 2.19. The molecule has 0 saturated carbocycles. The SMILES string of the molecule is NS(=O)(=O)c1ccc(NC(=O)Cc2csc(NC(=O)N3CCN(c4ccccn4)CC3)n2)cc1. The second kappa shape index (κ2) is 10.2. The Balaban J connectivity index is 1.25. The molecule has 3 amide bonds. The molecule has 3 aromatic rings. The van der Waals surface area contributed by atoms with Crippen LogP contribution in [0.4, 0.5) is 21.4 Å². The first-order valence-electron chi connectivity index (χ1n) is 10.4. The van der Waals surface area contributed by atoms with Crippen LogP contribution < -0.4 is 20.7 Å². The van der Waals surface area contributed by atoms with Crippen LogP contribution in [0.5, 0.6) is 0 Å². The van der Waals surface area contributed by atoms with Crippen molar-refractivity contribution in [3.8, 4) is 0 Å². The van der Waals surface area contributed by atoms with Gasteiger partial charge in [-0.05, 0) is 36.4 Å². The molecule has 1 aromatic carbocycles. The smallest absolute Gasteiger partial charge is 0.323 e. The van der Waals surface area contributed by atoms with Gasteiger partial charge in [-0.1, -0.05) is 6.07 Å². The van der Waals surface area contributed by atoms with Crippen LogP contribution in [-0.2, 0) is 21.2 Å². The number of primary sulfonamides is 1. The van der Waals surface area contributed by atoms with Crippen molar-refractivity contribution in [2.75, 3.05) is 41.7 Å².